The van der Waals surface area contributed by atoms with Crippen molar-refractivity contribution in [3.8, 4) is 11.8 Å². The predicted octanol–water partition coefficient (Wildman–Crippen LogP) is 5.16. The normalized spacial score (nSPS) is 11.1. The molecule has 0 saturated carbocycles. The zero-order valence-corrected chi connectivity index (χ0v) is 17.8. The van der Waals surface area contributed by atoms with Crippen molar-refractivity contribution in [2.45, 2.75) is 27.7 Å². The molecule has 0 radical (unpaired) electrons. The summed E-state index contributed by atoms with van der Waals surface area (Å²) in [6.07, 6.45) is 1.56. The molecule has 31 heavy (non-hydrogen) atoms. The summed E-state index contributed by atoms with van der Waals surface area (Å²) in [5.74, 6) is -0.479. The fourth-order valence-electron chi connectivity index (χ4n) is 3.52. The van der Waals surface area contributed by atoms with Crippen LogP contribution in [0, 0.1) is 49.1 Å². The van der Waals surface area contributed by atoms with Crippen molar-refractivity contribution in [2.75, 3.05) is 5.32 Å². The van der Waals surface area contributed by atoms with Crippen molar-refractivity contribution >= 4 is 23.4 Å². The molecule has 0 aliphatic carbocycles. The molecule has 1 N–H and O–H groups in total. The lowest BCUT2D eigenvalue weighted by atomic mass is 10.1. The molecule has 7 nitrogen and oxygen atoms in total. The molecule has 2 aromatic carbocycles. The van der Waals surface area contributed by atoms with Crippen molar-refractivity contribution in [1.82, 2.24) is 4.57 Å². The van der Waals surface area contributed by atoms with Gasteiger partial charge in [-0.1, -0.05) is 18.2 Å². The number of aryl methyl sites for hydroxylation is 3. The topological polar surface area (TPSA) is 101 Å². The number of nitriles is 1. The van der Waals surface area contributed by atoms with Gasteiger partial charge in [-0.05, 0) is 68.7 Å². The smallest absolute Gasteiger partial charge is 0.269 e. The molecular formula is C24H22N4O3. The van der Waals surface area contributed by atoms with Crippen LogP contribution in [-0.4, -0.2) is 15.4 Å². The molecule has 1 aromatic heterocycles. The molecule has 7 heteroatoms. The van der Waals surface area contributed by atoms with Gasteiger partial charge in [-0.15, -0.1) is 0 Å². The quantitative estimate of drug-likeness (QED) is 0.269. The van der Waals surface area contributed by atoms with Gasteiger partial charge in [0.1, 0.15) is 11.6 Å². The predicted molar refractivity (Wildman–Crippen MR) is 120 cm³/mol. The highest BCUT2D eigenvalue weighted by Crippen LogP contribution is 2.27. The number of benzene rings is 2. The van der Waals surface area contributed by atoms with Crippen LogP contribution in [0.4, 0.5) is 11.4 Å². The van der Waals surface area contributed by atoms with E-state index in [1.54, 1.807) is 18.2 Å². The SMILES string of the molecule is Cc1ccccc1NC(=O)/C(C#N)=C\c1cc(C)n(-c2ccc([N+](=O)[O-])cc2C)c1C. The summed E-state index contributed by atoms with van der Waals surface area (Å²) in [6, 6.07) is 15.9. The summed E-state index contributed by atoms with van der Waals surface area (Å²) < 4.78 is 1.96. The van der Waals surface area contributed by atoms with Gasteiger partial charge in [-0.25, -0.2) is 0 Å². The number of nitrogens with one attached hydrogen (secondary N) is 1. The minimum absolute atomic E-state index is 0.0103. The summed E-state index contributed by atoms with van der Waals surface area (Å²) >= 11 is 0. The van der Waals surface area contributed by atoms with Crippen LogP contribution < -0.4 is 5.32 Å². The van der Waals surface area contributed by atoms with E-state index in [1.165, 1.54) is 12.1 Å². The van der Waals surface area contributed by atoms with Crippen LogP contribution in [0.5, 0.6) is 0 Å². The highest BCUT2D eigenvalue weighted by atomic mass is 16.6. The van der Waals surface area contributed by atoms with Gasteiger partial charge in [0.2, 0.25) is 0 Å². The van der Waals surface area contributed by atoms with E-state index < -0.39 is 10.8 Å². The summed E-state index contributed by atoms with van der Waals surface area (Å²) in [5, 5.41) is 23.4. The third-order valence-electron chi connectivity index (χ3n) is 5.16. The molecule has 3 rings (SSSR count). The first kappa shape index (κ1) is 21.5. The summed E-state index contributed by atoms with van der Waals surface area (Å²) in [5.41, 5.74) is 5.58. The van der Waals surface area contributed by atoms with Crippen LogP contribution in [-0.2, 0) is 4.79 Å². The Hall–Kier alpha value is -4.18. The maximum Gasteiger partial charge on any atom is 0.269 e. The number of hydrogen-bond donors (Lipinski definition) is 1. The third kappa shape index (κ3) is 4.38. The second-order valence-corrected chi connectivity index (χ2v) is 7.33. The highest BCUT2D eigenvalue weighted by Gasteiger charge is 2.16. The van der Waals surface area contributed by atoms with E-state index in [0.29, 0.717) is 5.69 Å². The zero-order chi connectivity index (χ0) is 22.7. The number of carbonyl (C=O) groups excluding carboxylic acids is 1. The van der Waals surface area contributed by atoms with Crippen molar-refractivity contribution < 1.29 is 9.72 Å². The Morgan fingerprint density at radius 3 is 2.42 bits per heavy atom. The number of anilines is 1. The van der Waals surface area contributed by atoms with Gasteiger partial charge in [-0.3, -0.25) is 14.9 Å². The fourth-order valence-corrected chi connectivity index (χ4v) is 3.52. The highest BCUT2D eigenvalue weighted by molar-refractivity contribution is 6.10. The van der Waals surface area contributed by atoms with Crippen LogP contribution >= 0.6 is 0 Å². The van der Waals surface area contributed by atoms with E-state index in [9.17, 15) is 20.2 Å². The summed E-state index contributed by atoms with van der Waals surface area (Å²) in [7, 11) is 0. The van der Waals surface area contributed by atoms with Crippen LogP contribution in [0.25, 0.3) is 11.8 Å². The van der Waals surface area contributed by atoms with Crippen molar-refractivity contribution in [1.29, 1.82) is 5.26 Å². The van der Waals surface area contributed by atoms with Gasteiger partial charge in [0.25, 0.3) is 11.6 Å². The zero-order valence-electron chi connectivity index (χ0n) is 17.8. The first-order chi connectivity index (χ1) is 14.7. The third-order valence-corrected chi connectivity index (χ3v) is 5.16. The van der Waals surface area contributed by atoms with Gasteiger partial charge >= 0.3 is 0 Å². The minimum Gasteiger partial charge on any atom is -0.321 e. The molecule has 0 spiro atoms. The molecule has 1 heterocycles. The molecular weight excluding hydrogens is 392 g/mol. The number of non-ortho nitro benzene ring substituents is 1. The van der Waals surface area contributed by atoms with Crippen LogP contribution in [0.3, 0.4) is 0 Å². The second kappa shape index (κ2) is 8.67. The van der Waals surface area contributed by atoms with E-state index in [1.807, 2.05) is 62.6 Å². The van der Waals surface area contributed by atoms with Gasteiger partial charge in [-0.2, -0.15) is 5.26 Å². The molecule has 1 amide bonds. The van der Waals surface area contributed by atoms with Crippen LogP contribution in [0.1, 0.15) is 28.1 Å². The maximum absolute atomic E-state index is 12.7. The number of aromatic nitrogens is 1. The van der Waals surface area contributed by atoms with E-state index in [-0.39, 0.29) is 11.3 Å². The van der Waals surface area contributed by atoms with Crippen LogP contribution in [0.2, 0.25) is 0 Å². The number of nitrogens with zero attached hydrogens (tertiary/aromatic N) is 3. The molecule has 3 aromatic rings. The van der Waals surface area contributed by atoms with E-state index >= 15 is 0 Å². The minimum atomic E-state index is -0.479. The summed E-state index contributed by atoms with van der Waals surface area (Å²) in [6.45, 7) is 7.48. The molecule has 0 bridgehead atoms. The molecule has 0 atom stereocenters. The van der Waals surface area contributed by atoms with Crippen molar-refractivity contribution in [2.24, 2.45) is 0 Å². The second-order valence-electron chi connectivity index (χ2n) is 7.33. The first-order valence-corrected chi connectivity index (χ1v) is 9.66. The average Bonchev–Trinajstić information content (AvgIpc) is 3.00. The standard InChI is InChI=1S/C24H22N4O3/c1-15-7-5-6-8-22(15)26-24(29)20(14-25)13-19-12-17(3)27(18(19)4)23-10-9-21(28(30)31)11-16(23)2/h5-13H,1-4H3,(H,26,29)/b20-13-. The first-order valence-electron chi connectivity index (χ1n) is 9.66. The molecule has 0 aliphatic heterocycles. The van der Waals surface area contributed by atoms with Gasteiger partial charge in [0.15, 0.2) is 0 Å². The Bertz CT molecular complexity index is 1260. The molecule has 156 valence electrons. The number of hydrogen-bond acceptors (Lipinski definition) is 4. The van der Waals surface area contributed by atoms with Crippen molar-refractivity contribution in [3.63, 3.8) is 0 Å². The maximum atomic E-state index is 12.7. The largest absolute Gasteiger partial charge is 0.321 e. The van der Waals surface area contributed by atoms with Crippen molar-refractivity contribution in [3.05, 3.63) is 92.3 Å². The lowest BCUT2D eigenvalue weighted by Crippen LogP contribution is -2.14. The van der Waals surface area contributed by atoms with E-state index in [4.69, 9.17) is 0 Å². The lowest BCUT2D eigenvalue weighted by Gasteiger charge is -2.12. The Labute approximate surface area is 180 Å². The number of amides is 1. The summed E-state index contributed by atoms with van der Waals surface area (Å²) in [4.78, 5) is 23.3. The number of nitro groups is 1. The Morgan fingerprint density at radius 1 is 1.10 bits per heavy atom. The average molecular weight is 414 g/mol. The van der Waals surface area contributed by atoms with Gasteiger partial charge < -0.3 is 9.88 Å². The lowest BCUT2D eigenvalue weighted by molar-refractivity contribution is -0.384. The number of para-hydroxylation sites is 1. The fraction of sp³-hybridized carbons (Fsp3) is 0.167. The van der Waals surface area contributed by atoms with Gasteiger partial charge in [0, 0.05) is 34.9 Å². The number of carbonyl (C=O) groups is 1. The molecule has 0 aliphatic rings. The monoisotopic (exact) mass is 414 g/mol. The van der Waals surface area contributed by atoms with Gasteiger partial charge in [0.05, 0.1) is 4.92 Å². The molecule has 0 saturated heterocycles. The Morgan fingerprint density at radius 2 is 1.81 bits per heavy atom. The van der Waals surface area contributed by atoms with Crippen LogP contribution in [0.15, 0.2) is 54.1 Å². The molecule has 0 fully saturated rings. The van der Waals surface area contributed by atoms with E-state index in [0.717, 1.165) is 33.8 Å². The number of nitro benzene ring substituents is 1. The Balaban J connectivity index is 1.98. The molecule has 0 unspecified atom stereocenters. The number of rotatable bonds is 5. The van der Waals surface area contributed by atoms with E-state index in [2.05, 4.69) is 5.32 Å². The Kier molecular flexibility index (Phi) is 6.02.